The van der Waals surface area contributed by atoms with Crippen LogP contribution in [0, 0.1) is 0 Å². The monoisotopic (exact) mass is 473 g/mol. The van der Waals surface area contributed by atoms with Crippen molar-refractivity contribution in [1.29, 1.82) is 0 Å². The maximum absolute atomic E-state index is 13.1. The third-order valence-electron chi connectivity index (χ3n) is 6.62. The second kappa shape index (κ2) is 10.4. The SMILES string of the molecule is CN=C(/C=C\C[N+](C)(C)C(=O)c1cc(-c2ccccc2)on1)N1CCC(O)(c2ccccc2)CC1. The molecule has 1 saturated heterocycles. The molecule has 1 aliphatic rings. The number of amidine groups is 1. The number of carbonyl (C=O) groups is 1. The number of nitrogens with zero attached hydrogens (tertiary/aromatic N) is 4. The van der Waals surface area contributed by atoms with E-state index in [0.29, 0.717) is 43.9 Å². The molecule has 0 unspecified atom stereocenters. The fourth-order valence-electron chi connectivity index (χ4n) is 4.39. The number of hydrogen-bond donors (Lipinski definition) is 1. The molecule has 35 heavy (non-hydrogen) atoms. The van der Waals surface area contributed by atoms with Gasteiger partial charge in [-0.15, -0.1) is 0 Å². The van der Waals surface area contributed by atoms with Gasteiger partial charge in [0.05, 0.1) is 19.7 Å². The molecule has 2 heterocycles. The Labute approximate surface area is 206 Å². The molecule has 0 atom stereocenters. The molecule has 1 amide bonds. The number of likely N-dealkylation sites (N-methyl/N-ethyl adjacent to an activating group) is 1. The maximum atomic E-state index is 13.1. The zero-order valence-corrected chi connectivity index (χ0v) is 20.6. The lowest BCUT2D eigenvalue weighted by Crippen LogP contribution is -2.46. The van der Waals surface area contributed by atoms with E-state index in [4.69, 9.17) is 4.52 Å². The molecule has 3 aromatic rings. The van der Waals surface area contributed by atoms with Crippen molar-refractivity contribution in [2.45, 2.75) is 18.4 Å². The number of aromatic nitrogens is 1. The molecule has 1 aromatic heterocycles. The Balaban J connectivity index is 1.36. The van der Waals surface area contributed by atoms with Gasteiger partial charge in [0, 0.05) is 31.8 Å². The van der Waals surface area contributed by atoms with Crippen molar-refractivity contribution in [3.63, 3.8) is 0 Å². The van der Waals surface area contributed by atoms with Crippen molar-refractivity contribution < 1.29 is 18.9 Å². The summed E-state index contributed by atoms with van der Waals surface area (Å²) in [4.78, 5) is 19.7. The minimum absolute atomic E-state index is 0.0992. The van der Waals surface area contributed by atoms with Crippen LogP contribution < -0.4 is 0 Å². The molecular formula is C28H33N4O3+. The highest BCUT2D eigenvalue weighted by Gasteiger charge is 2.34. The minimum atomic E-state index is -0.804. The van der Waals surface area contributed by atoms with Gasteiger partial charge in [0.2, 0.25) is 5.69 Å². The first-order chi connectivity index (χ1) is 16.8. The minimum Gasteiger partial charge on any atom is -0.385 e. The van der Waals surface area contributed by atoms with E-state index >= 15 is 0 Å². The summed E-state index contributed by atoms with van der Waals surface area (Å²) in [6.07, 6.45) is 5.20. The lowest BCUT2D eigenvalue weighted by Gasteiger charge is -2.39. The molecule has 0 spiro atoms. The van der Waals surface area contributed by atoms with E-state index in [1.165, 1.54) is 0 Å². The van der Waals surface area contributed by atoms with Gasteiger partial charge in [-0.25, -0.2) is 4.79 Å². The van der Waals surface area contributed by atoms with Crippen LogP contribution >= 0.6 is 0 Å². The van der Waals surface area contributed by atoms with Crippen LogP contribution in [-0.4, -0.2) is 72.2 Å². The number of quaternary nitrogens is 1. The molecule has 0 bridgehead atoms. The first kappa shape index (κ1) is 24.6. The van der Waals surface area contributed by atoms with Crippen LogP contribution in [0.4, 0.5) is 0 Å². The molecule has 1 aliphatic heterocycles. The van der Waals surface area contributed by atoms with Gasteiger partial charge in [0.1, 0.15) is 12.4 Å². The molecular weight excluding hydrogens is 440 g/mol. The number of piperidine rings is 1. The molecule has 2 aromatic carbocycles. The average molecular weight is 474 g/mol. The number of hydrogen-bond acceptors (Lipinski definition) is 5. The highest BCUT2D eigenvalue weighted by molar-refractivity contribution is 5.93. The Bertz CT molecular complexity index is 1190. The summed E-state index contributed by atoms with van der Waals surface area (Å²) in [6, 6.07) is 21.2. The Kier molecular flexibility index (Phi) is 7.28. The van der Waals surface area contributed by atoms with Gasteiger partial charge in [-0.3, -0.25) is 9.48 Å². The predicted octanol–water partition coefficient (Wildman–Crippen LogP) is 4.13. The van der Waals surface area contributed by atoms with E-state index in [9.17, 15) is 9.90 Å². The van der Waals surface area contributed by atoms with E-state index in [0.717, 1.165) is 17.0 Å². The molecule has 1 N–H and O–H groups in total. The van der Waals surface area contributed by atoms with Gasteiger partial charge in [-0.2, -0.15) is 0 Å². The maximum Gasteiger partial charge on any atom is 0.367 e. The number of benzene rings is 2. The van der Waals surface area contributed by atoms with E-state index in [1.807, 2.05) is 86.9 Å². The Hall–Kier alpha value is -3.55. The number of carbonyl (C=O) groups excluding carboxylic acids is 1. The van der Waals surface area contributed by atoms with Gasteiger partial charge in [0.15, 0.2) is 5.76 Å². The molecule has 1 fully saturated rings. The summed E-state index contributed by atoms with van der Waals surface area (Å²) in [5.41, 5.74) is 1.35. The largest absolute Gasteiger partial charge is 0.385 e. The topological polar surface area (TPSA) is 78.9 Å². The quantitative estimate of drug-likeness (QED) is 0.331. The van der Waals surface area contributed by atoms with Gasteiger partial charge < -0.3 is 14.5 Å². The molecule has 7 nitrogen and oxygen atoms in total. The van der Waals surface area contributed by atoms with Gasteiger partial charge in [-0.05, 0) is 30.6 Å². The molecule has 4 rings (SSSR count). The van der Waals surface area contributed by atoms with Crippen molar-refractivity contribution in [3.8, 4) is 11.3 Å². The Morgan fingerprint density at radius 1 is 1.11 bits per heavy atom. The van der Waals surface area contributed by atoms with Crippen molar-refractivity contribution >= 4 is 11.7 Å². The standard InChI is InChI=1S/C28H33N4O3/c1-29-26(31-18-16-28(34,17-19-31)23-13-8-5-9-14-23)15-10-20-32(2,3)27(33)24-21-25(35-30-24)22-11-6-4-7-12-22/h4-15,21,34H,16-20H2,1-3H3/q+1/b15-10-,29-26?. The van der Waals surface area contributed by atoms with E-state index in [-0.39, 0.29) is 10.4 Å². The zero-order valence-electron chi connectivity index (χ0n) is 20.6. The van der Waals surface area contributed by atoms with Gasteiger partial charge in [-0.1, -0.05) is 65.8 Å². The summed E-state index contributed by atoms with van der Waals surface area (Å²) in [5, 5.41) is 15.1. The smallest absolute Gasteiger partial charge is 0.367 e. The fraction of sp³-hybridized carbons (Fsp3) is 0.321. The number of aliphatic imine (C=N–C) groups is 1. The van der Waals surface area contributed by atoms with E-state index in [2.05, 4.69) is 15.0 Å². The molecule has 0 aliphatic carbocycles. The summed E-state index contributed by atoms with van der Waals surface area (Å²) in [5.74, 6) is 1.30. The molecule has 0 saturated carbocycles. The summed E-state index contributed by atoms with van der Waals surface area (Å²) in [6.45, 7) is 1.90. The van der Waals surface area contributed by atoms with Gasteiger partial charge >= 0.3 is 5.91 Å². The van der Waals surface area contributed by atoms with Crippen molar-refractivity contribution in [2.24, 2.45) is 4.99 Å². The Morgan fingerprint density at radius 2 is 1.74 bits per heavy atom. The third kappa shape index (κ3) is 5.58. The van der Waals surface area contributed by atoms with E-state index < -0.39 is 5.60 Å². The highest BCUT2D eigenvalue weighted by atomic mass is 16.5. The molecule has 182 valence electrons. The zero-order chi connectivity index (χ0) is 24.9. The van der Waals surface area contributed by atoms with Crippen LogP contribution in [0.15, 0.2) is 88.4 Å². The lowest BCUT2D eigenvalue weighted by atomic mass is 9.84. The summed E-state index contributed by atoms with van der Waals surface area (Å²) < 4.78 is 5.51. The predicted molar refractivity (Wildman–Crippen MR) is 137 cm³/mol. The average Bonchev–Trinajstić information content (AvgIpc) is 3.38. The number of amides is 1. The second-order valence-electron chi connectivity index (χ2n) is 9.48. The first-order valence-electron chi connectivity index (χ1n) is 11.9. The summed E-state index contributed by atoms with van der Waals surface area (Å²) >= 11 is 0. The van der Waals surface area contributed by atoms with Gasteiger partial charge in [0.25, 0.3) is 0 Å². The molecule has 0 radical (unpaired) electrons. The highest BCUT2D eigenvalue weighted by Crippen LogP contribution is 2.32. The van der Waals surface area contributed by atoms with Crippen molar-refractivity contribution in [1.82, 2.24) is 10.1 Å². The third-order valence-corrected chi connectivity index (χ3v) is 6.62. The Morgan fingerprint density at radius 3 is 2.37 bits per heavy atom. The first-order valence-corrected chi connectivity index (χ1v) is 11.9. The van der Waals surface area contributed by atoms with Crippen LogP contribution in [0.25, 0.3) is 11.3 Å². The van der Waals surface area contributed by atoms with Crippen molar-refractivity contribution in [3.05, 3.63) is 90.1 Å². The number of rotatable bonds is 6. The van der Waals surface area contributed by atoms with Crippen LogP contribution in [0.2, 0.25) is 0 Å². The van der Waals surface area contributed by atoms with Crippen molar-refractivity contribution in [2.75, 3.05) is 40.8 Å². The van der Waals surface area contributed by atoms with Crippen LogP contribution in [0.3, 0.4) is 0 Å². The number of likely N-dealkylation sites (tertiary alicyclic amines) is 1. The van der Waals surface area contributed by atoms with Crippen LogP contribution in [0.1, 0.15) is 28.9 Å². The second-order valence-corrected chi connectivity index (χ2v) is 9.48. The van der Waals surface area contributed by atoms with Crippen LogP contribution in [-0.2, 0) is 5.60 Å². The normalized spacial score (nSPS) is 16.6. The molecule has 7 heteroatoms. The van der Waals surface area contributed by atoms with E-state index in [1.54, 1.807) is 13.1 Å². The summed E-state index contributed by atoms with van der Waals surface area (Å²) in [7, 11) is 5.48. The number of aliphatic hydroxyl groups is 1. The van der Waals surface area contributed by atoms with Crippen LogP contribution in [0.5, 0.6) is 0 Å². The fourth-order valence-corrected chi connectivity index (χ4v) is 4.39. The lowest BCUT2D eigenvalue weighted by molar-refractivity contribution is -0.801.